The van der Waals surface area contributed by atoms with Crippen LogP contribution in [0.2, 0.25) is 0 Å². The second kappa shape index (κ2) is 8.35. The highest BCUT2D eigenvalue weighted by Gasteiger charge is 2.30. The molecule has 4 rings (SSSR count). The third-order valence-electron chi connectivity index (χ3n) is 5.04. The highest BCUT2D eigenvalue weighted by molar-refractivity contribution is 7.89. The molecule has 31 heavy (non-hydrogen) atoms. The number of aliphatic imine (C=N–C) groups is 1. The van der Waals surface area contributed by atoms with Crippen molar-refractivity contribution in [2.75, 3.05) is 11.9 Å². The number of carbonyl (C=O) groups is 1. The van der Waals surface area contributed by atoms with Gasteiger partial charge in [-0.3, -0.25) is 4.79 Å². The smallest absolute Gasteiger partial charge is 0.267 e. The van der Waals surface area contributed by atoms with Gasteiger partial charge in [0.25, 0.3) is 10.0 Å². The lowest BCUT2D eigenvalue weighted by Crippen LogP contribution is -2.38. The molecule has 1 aliphatic heterocycles. The predicted octanol–water partition coefficient (Wildman–Crippen LogP) is 3.36. The molecule has 1 N–H and O–H groups in total. The summed E-state index contributed by atoms with van der Waals surface area (Å²) in [6.45, 7) is 4.39. The molecule has 0 saturated heterocycles. The van der Waals surface area contributed by atoms with Crippen LogP contribution in [0.5, 0.6) is 0 Å². The van der Waals surface area contributed by atoms with E-state index < -0.39 is 15.9 Å². The van der Waals surface area contributed by atoms with E-state index in [0.717, 1.165) is 9.87 Å². The fraction of sp³-hybridized carbons (Fsp3) is 0.227. The van der Waals surface area contributed by atoms with Crippen molar-refractivity contribution in [1.82, 2.24) is 14.1 Å². The monoisotopic (exact) mass is 437 g/mol. The number of hydrogen-bond acceptors (Lipinski definition) is 5. The first kappa shape index (κ1) is 20.8. The normalized spacial score (nSPS) is 14.5. The van der Waals surface area contributed by atoms with E-state index in [-0.39, 0.29) is 11.4 Å². The van der Waals surface area contributed by atoms with Crippen LogP contribution in [0.15, 0.2) is 70.7 Å². The average molecular weight is 438 g/mol. The molecular weight excluding hydrogens is 414 g/mol. The molecule has 3 aromatic rings. The molecule has 0 radical (unpaired) electrons. The number of amides is 1. The summed E-state index contributed by atoms with van der Waals surface area (Å²) in [5.74, 6) is 0.464. The molecule has 0 aliphatic carbocycles. The van der Waals surface area contributed by atoms with E-state index in [4.69, 9.17) is 0 Å². The van der Waals surface area contributed by atoms with E-state index in [2.05, 4.69) is 41.4 Å². The summed E-state index contributed by atoms with van der Waals surface area (Å²) in [7, 11) is -3.83. The van der Waals surface area contributed by atoms with Crippen molar-refractivity contribution >= 4 is 33.8 Å². The third kappa shape index (κ3) is 4.36. The van der Waals surface area contributed by atoms with E-state index >= 15 is 0 Å². The number of nitrogens with zero attached hydrogens (tertiary/aromatic N) is 4. The van der Waals surface area contributed by atoms with Gasteiger partial charge in [-0.25, -0.2) is 22.4 Å². The summed E-state index contributed by atoms with van der Waals surface area (Å²) in [5, 5.41) is 7.01. The summed E-state index contributed by atoms with van der Waals surface area (Å²) in [5.41, 5.74) is 2.66. The quantitative estimate of drug-likeness (QED) is 0.639. The molecule has 8 nitrogen and oxygen atoms in total. The van der Waals surface area contributed by atoms with Crippen LogP contribution in [-0.2, 0) is 21.4 Å². The van der Waals surface area contributed by atoms with Gasteiger partial charge in [0, 0.05) is 6.07 Å². The minimum Gasteiger partial charge on any atom is -0.309 e. The Hall–Kier alpha value is -3.46. The molecular formula is C22H23N5O3S. The molecule has 0 bridgehead atoms. The van der Waals surface area contributed by atoms with Crippen molar-refractivity contribution in [1.29, 1.82) is 0 Å². The van der Waals surface area contributed by atoms with Crippen molar-refractivity contribution in [3.8, 4) is 0 Å². The number of aromatic nitrogens is 2. The first-order chi connectivity index (χ1) is 14.8. The zero-order valence-corrected chi connectivity index (χ0v) is 18.1. The van der Waals surface area contributed by atoms with Crippen molar-refractivity contribution in [2.24, 2.45) is 4.99 Å². The van der Waals surface area contributed by atoms with Crippen molar-refractivity contribution in [2.45, 2.75) is 31.2 Å². The lowest BCUT2D eigenvalue weighted by atomic mass is 10.0. The second-order valence-electron chi connectivity index (χ2n) is 7.58. The Morgan fingerprint density at radius 3 is 2.55 bits per heavy atom. The third-order valence-corrected chi connectivity index (χ3v) is 6.78. The Morgan fingerprint density at radius 2 is 1.81 bits per heavy atom. The van der Waals surface area contributed by atoms with Gasteiger partial charge < -0.3 is 5.32 Å². The topological polar surface area (TPSA) is 96.7 Å². The number of benzene rings is 2. The largest absolute Gasteiger partial charge is 0.309 e. The Bertz CT molecular complexity index is 1230. The Morgan fingerprint density at radius 1 is 1.06 bits per heavy atom. The van der Waals surface area contributed by atoms with E-state index in [9.17, 15) is 13.2 Å². The van der Waals surface area contributed by atoms with Crippen LogP contribution < -0.4 is 5.32 Å². The number of fused-ring (bicyclic) bond motifs is 1. The summed E-state index contributed by atoms with van der Waals surface area (Å²) in [4.78, 5) is 16.8. The minimum absolute atomic E-state index is 0.0835. The second-order valence-corrected chi connectivity index (χ2v) is 9.44. The molecule has 0 saturated carbocycles. The lowest BCUT2D eigenvalue weighted by molar-refractivity contribution is -0.116. The number of sulfonamides is 1. The van der Waals surface area contributed by atoms with Gasteiger partial charge in [0.05, 0.1) is 18.4 Å². The number of carbonyl (C=O) groups excluding carboxylic acids is 1. The number of nitrogens with one attached hydrogen (secondary N) is 1. The van der Waals surface area contributed by atoms with E-state index in [1.807, 2.05) is 12.1 Å². The van der Waals surface area contributed by atoms with Gasteiger partial charge in [0.1, 0.15) is 23.6 Å². The molecule has 0 atom stereocenters. The average Bonchev–Trinajstić information content (AvgIpc) is 3.17. The van der Waals surface area contributed by atoms with Crippen LogP contribution >= 0.6 is 0 Å². The van der Waals surface area contributed by atoms with Crippen LogP contribution in [0.3, 0.4) is 0 Å². The van der Waals surface area contributed by atoms with Crippen LogP contribution in [0.1, 0.15) is 30.9 Å². The van der Waals surface area contributed by atoms with Gasteiger partial charge in [-0.1, -0.05) is 50.2 Å². The first-order valence-electron chi connectivity index (χ1n) is 9.90. The van der Waals surface area contributed by atoms with Gasteiger partial charge in [0.15, 0.2) is 0 Å². The van der Waals surface area contributed by atoms with E-state index in [1.165, 1.54) is 18.0 Å². The molecule has 0 fully saturated rings. The Kier molecular flexibility index (Phi) is 5.60. The molecule has 9 heteroatoms. The maximum Gasteiger partial charge on any atom is 0.267 e. The summed E-state index contributed by atoms with van der Waals surface area (Å²) in [6, 6.07) is 16.4. The van der Waals surface area contributed by atoms with Crippen molar-refractivity contribution in [3.63, 3.8) is 0 Å². The maximum absolute atomic E-state index is 12.8. The molecule has 1 aromatic heterocycles. The minimum atomic E-state index is -3.83. The van der Waals surface area contributed by atoms with Gasteiger partial charge in [-0.2, -0.15) is 5.10 Å². The number of hydrogen-bond donors (Lipinski definition) is 1. The lowest BCUT2D eigenvalue weighted by Gasteiger charge is -2.23. The highest BCUT2D eigenvalue weighted by Crippen LogP contribution is 2.29. The fourth-order valence-electron chi connectivity index (χ4n) is 3.29. The highest BCUT2D eigenvalue weighted by atomic mass is 32.2. The summed E-state index contributed by atoms with van der Waals surface area (Å²) < 4.78 is 28.1. The zero-order chi connectivity index (χ0) is 22.0. The number of rotatable bonds is 6. The van der Waals surface area contributed by atoms with E-state index in [0.29, 0.717) is 24.0 Å². The SMILES string of the molecule is CC(C)c1ccc(Cn2nccc2NC(=O)CN2C=Nc3ccccc3S2(=O)=O)cc1. The summed E-state index contributed by atoms with van der Waals surface area (Å²) >= 11 is 0. The Labute approximate surface area is 181 Å². The summed E-state index contributed by atoms with van der Waals surface area (Å²) in [6.07, 6.45) is 2.76. The molecule has 2 aromatic carbocycles. The molecule has 160 valence electrons. The standard InChI is InChI=1S/C22H23N5O3S/c1-16(2)18-9-7-17(8-10-18)13-27-21(11-12-24-27)25-22(28)14-26-15-23-19-5-3-4-6-20(19)31(26,29)30/h3-12,15-16H,13-14H2,1-2H3,(H,25,28). The molecule has 1 amide bonds. The molecule has 2 heterocycles. The van der Waals surface area contributed by atoms with Crippen LogP contribution in [0, 0.1) is 0 Å². The fourth-order valence-corrected chi connectivity index (χ4v) is 4.64. The molecule has 1 aliphatic rings. The Balaban J connectivity index is 1.44. The van der Waals surface area contributed by atoms with Crippen LogP contribution in [-0.4, -0.2) is 41.3 Å². The van der Waals surface area contributed by atoms with Gasteiger partial charge in [-0.15, -0.1) is 0 Å². The van der Waals surface area contributed by atoms with E-state index in [1.54, 1.807) is 35.1 Å². The van der Waals surface area contributed by atoms with Gasteiger partial charge in [0.2, 0.25) is 5.91 Å². The predicted molar refractivity (Wildman–Crippen MR) is 119 cm³/mol. The molecule has 0 spiro atoms. The van der Waals surface area contributed by atoms with Crippen molar-refractivity contribution < 1.29 is 13.2 Å². The maximum atomic E-state index is 12.8. The number of anilines is 1. The van der Waals surface area contributed by atoms with Gasteiger partial charge in [-0.05, 0) is 29.2 Å². The number of para-hydroxylation sites is 1. The first-order valence-corrected chi connectivity index (χ1v) is 11.3. The van der Waals surface area contributed by atoms with Crippen LogP contribution in [0.25, 0.3) is 0 Å². The van der Waals surface area contributed by atoms with Gasteiger partial charge >= 0.3 is 0 Å². The van der Waals surface area contributed by atoms with Crippen molar-refractivity contribution in [3.05, 3.63) is 71.9 Å². The molecule has 0 unspecified atom stereocenters. The zero-order valence-electron chi connectivity index (χ0n) is 17.3. The van der Waals surface area contributed by atoms with Crippen LogP contribution in [0.4, 0.5) is 11.5 Å².